The molecule has 1 aliphatic carbocycles. The first-order chi connectivity index (χ1) is 12.0. The molecule has 2 fully saturated rings. The highest BCUT2D eigenvalue weighted by Crippen LogP contribution is 2.22. The minimum Gasteiger partial charge on any atom is -0.353 e. The zero-order chi connectivity index (χ0) is 17.8. The van der Waals surface area contributed by atoms with Gasteiger partial charge in [0.05, 0.1) is 17.1 Å². The van der Waals surface area contributed by atoms with Gasteiger partial charge in [0.15, 0.2) is 0 Å². The average molecular weight is 364 g/mol. The van der Waals surface area contributed by atoms with E-state index < -0.39 is 0 Å². The second-order valence-electron chi connectivity index (χ2n) is 6.60. The van der Waals surface area contributed by atoms with Crippen molar-refractivity contribution in [1.29, 1.82) is 0 Å². The molecule has 1 heterocycles. The average Bonchev–Trinajstić information content (AvgIpc) is 3.44. The van der Waals surface area contributed by atoms with E-state index in [0.29, 0.717) is 42.6 Å². The molecule has 2 aliphatic rings. The Bertz CT molecular complexity index is 667. The van der Waals surface area contributed by atoms with Gasteiger partial charge in [-0.2, -0.15) is 0 Å². The van der Waals surface area contributed by atoms with E-state index in [9.17, 15) is 14.4 Å². The van der Waals surface area contributed by atoms with E-state index in [0.717, 1.165) is 12.8 Å². The van der Waals surface area contributed by atoms with Crippen LogP contribution in [0.3, 0.4) is 0 Å². The quantitative estimate of drug-likeness (QED) is 0.833. The predicted octanol–water partition coefficient (Wildman–Crippen LogP) is 1.59. The maximum absolute atomic E-state index is 12.3. The predicted molar refractivity (Wildman–Crippen MR) is 94.3 cm³/mol. The Labute approximate surface area is 151 Å². The Morgan fingerprint density at radius 3 is 2.40 bits per heavy atom. The molecular formula is C18H22ClN3O3. The molecule has 0 unspecified atom stereocenters. The molecule has 6 nitrogen and oxygen atoms in total. The van der Waals surface area contributed by atoms with Gasteiger partial charge in [-0.05, 0) is 37.8 Å². The van der Waals surface area contributed by atoms with E-state index in [4.69, 9.17) is 11.6 Å². The number of likely N-dealkylation sites (tertiary alicyclic amines) is 1. The van der Waals surface area contributed by atoms with Crippen molar-refractivity contribution >= 4 is 29.3 Å². The van der Waals surface area contributed by atoms with Gasteiger partial charge < -0.3 is 15.5 Å². The van der Waals surface area contributed by atoms with Crippen LogP contribution in [-0.2, 0) is 9.59 Å². The topological polar surface area (TPSA) is 78.5 Å². The van der Waals surface area contributed by atoms with Gasteiger partial charge in [0.1, 0.15) is 0 Å². The fourth-order valence-electron chi connectivity index (χ4n) is 2.95. The molecule has 134 valence electrons. The van der Waals surface area contributed by atoms with Crippen molar-refractivity contribution in [3.63, 3.8) is 0 Å². The first kappa shape index (κ1) is 17.7. The lowest BCUT2D eigenvalue weighted by Crippen LogP contribution is -2.46. The summed E-state index contributed by atoms with van der Waals surface area (Å²) in [5, 5.41) is 5.99. The summed E-state index contributed by atoms with van der Waals surface area (Å²) in [6.07, 6.45) is 3.49. The molecule has 3 amide bonds. The Balaban J connectivity index is 1.42. The van der Waals surface area contributed by atoms with Crippen molar-refractivity contribution in [2.24, 2.45) is 5.92 Å². The molecule has 7 heteroatoms. The zero-order valence-corrected chi connectivity index (χ0v) is 14.7. The van der Waals surface area contributed by atoms with Crippen LogP contribution < -0.4 is 10.6 Å². The molecule has 1 aliphatic heterocycles. The van der Waals surface area contributed by atoms with Gasteiger partial charge in [0, 0.05) is 25.0 Å². The van der Waals surface area contributed by atoms with E-state index in [2.05, 4.69) is 10.6 Å². The second-order valence-corrected chi connectivity index (χ2v) is 7.01. The normalized spacial score (nSPS) is 17.9. The van der Waals surface area contributed by atoms with Crippen LogP contribution in [0.5, 0.6) is 0 Å². The Morgan fingerprint density at radius 1 is 1.08 bits per heavy atom. The van der Waals surface area contributed by atoms with Crippen LogP contribution >= 0.6 is 11.6 Å². The van der Waals surface area contributed by atoms with E-state index >= 15 is 0 Å². The molecule has 0 radical (unpaired) electrons. The number of amides is 3. The van der Waals surface area contributed by atoms with Crippen LogP contribution in [0.1, 0.15) is 36.0 Å². The Kier molecular flexibility index (Phi) is 5.58. The number of carbonyl (C=O) groups is 3. The van der Waals surface area contributed by atoms with E-state index in [1.165, 1.54) is 0 Å². The lowest BCUT2D eigenvalue weighted by atomic mass is 9.96. The highest BCUT2D eigenvalue weighted by atomic mass is 35.5. The number of rotatable bonds is 5. The molecule has 1 saturated heterocycles. The second kappa shape index (κ2) is 7.87. The Hall–Kier alpha value is -2.08. The number of nitrogens with zero attached hydrogens (tertiary/aromatic N) is 1. The zero-order valence-electron chi connectivity index (χ0n) is 14.0. The summed E-state index contributed by atoms with van der Waals surface area (Å²) in [5.41, 5.74) is 0.354. The number of halogens is 1. The number of nitrogens with one attached hydrogen (secondary N) is 2. The number of benzene rings is 1. The SMILES string of the molecule is O=C(NCC(=O)N1CCC(C(=O)NC2CC2)CC1)c1ccccc1Cl. The minimum absolute atomic E-state index is 0.0117. The number of carbonyl (C=O) groups excluding carboxylic acids is 3. The fourth-order valence-corrected chi connectivity index (χ4v) is 3.17. The molecule has 1 aromatic carbocycles. The van der Waals surface area contributed by atoms with Gasteiger partial charge in [0.25, 0.3) is 5.91 Å². The van der Waals surface area contributed by atoms with E-state index in [-0.39, 0.29) is 30.2 Å². The monoisotopic (exact) mass is 363 g/mol. The van der Waals surface area contributed by atoms with Crippen molar-refractivity contribution in [2.45, 2.75) is 31.7 Å². The maximum atomic E-state index is 12.3. The van der Waals surface area contributed by atoms with Crippen LogP contribution in [0, 0.1) is 5.92 Å². The molecule has 0 bridgehead atoms. The molecule has 1 aromatic rings. The third-order valence-corrected chi connectivity index (χ3v) is 4.99. The fraction of sp³-hybridized carbons (Fsp3) is 0.500. The van der Waals surface area contributed by atoms with Gasteiger partial charge in [-0.25, -0.2) is 0 Å². The minimum atomic E-state index is -0.363. The Morgan fingerprint density at radius 2 is 1.76 bits per heavy atom. The molecule has 1 saturated carbocycles. The number of hydrogen-bond donors (Lipinski definition) is 2. The third kappa shape index (κ3) is 4.72. The summed E-state index contributed by atoms with van der Waals surface area (Å²) in [5.74, 6) is -0.400. The third-order valence-electron chi connectivity index (χ3n) is 4.66. The van der Waals surface area contributed by atoms with Crippen LogP contribution in [0.15, 0.2) is 24.3 Å². The molecule has 25 heavy (non-hydrogen) atoms. The highest BCUT2D eigenvalue weighted by Gasteiger charge is 2.31. The lowest BCUT2D eigenvalue weighted by Gasteiger charge is -2.31. The van der Waals surface area contributed by atoms with Crippen LogP contribution in [0.25, 0.3) is 0 Å². The van der Waals surface area contributed by atoms with E-state index in [1.54, 1.807) is 29.2 Å². The van der Waals surface area contributed by atoms with Crippen molar-refractivity contribution in [3.8, 4) is 0 Å². The molecule has 0 atom stereocenters. The summed E-state index contributed by atoms with van der Waals surface area (Å²) in [6, 6.07) is 7.09. The molecule has 0 spiro atoms. The van der Waals surface area contributed by atoms with Gasteiger partial charge in [-0.3, -0.25) is 14.4 Å². The largest absolute Gasteiger partial charge is 0.353 e. The summed E-state index contributed by atoms with van der Waals surface area (Å²) in [4.78, 5) is 38.1. The molecule has 3 rings (SSSR count). The van der Waals surface area contributed by atoms with Crippen LogP contribution in [0.4, 0.5) is 0 Å². The molecule has 0 aromatic heterocycles. The first-order valence-electron chi connectivity index (χ1n) is 8.65. The number of hydrogen-bond acceptors (Lipinski definition) is 3. The lowest BCUT2D eigenvalue weighted by molar-refractivity contribution is -0.134. The van der Waals surface area contributed by atoms with Gasteiger partial charge in [-0.15, -0.1) is 0 Å². The first-order valence-corrected chi connectivity index (χ1v) is 9.03. The maximum Gasteiger partial charge on any atom is 0.253 e. The molecular weight excluding hydrogens is 342 g/mol. The van der Waals surface area contributed by atoms with E-state index in [1.807, 2.05) is 0 Å². The highest BCUT2D eigenvalue weighted by molar-refractivity contribution is 6.33. The summed E-state index contributed by atoms with van der Waals surface area (Å²) < 4.78 is 0. The van der Waals surface area contributed by atoms with Crippen LogP contribution in [0.2, 0.25) is 5.02 Å². The van der Waals surface area contributed by atoms with Crippen LogP contribution in [-0.4, -0.2) is 48.3 Å². The number of piperidine rings is 1. The van der Waals surface area contributed by atoms with Gasteiger partial charge in [-0.1, -0.05) is 23.7 Å². The molecule has 2 N–H and O–H groups in total. The van der Waals surface area contributed by atoms with Crippen molar-refractivity contribution < 1.29 is 14.4 Å². The van der Waals surface area contributed by atoms with Gasteiger partial charge in [0.2, 0.25) is 11.8 Å². The van der Waals surface area contributed by atoms with Crippen molar-refractivity contribution in [1.82, 2.24) is 15.5 Å². The van der Waals surface area contributed by atoms with Crippen molar-refractivity contribution in [2.75, 3.05) is 19.6 Å². The standard InChI is InChI=1S/C18H22ClN3O3/c19-15-4-2-1-3-14(15)18(25)20-11-16(23)22-9-7-12(8-10-22)17(24)21-13-5-6-13/h1-4,12-13H,5-11H2,(H,20,25)(H,21,24). The van der Waals surface area contributed by atoms with Gasteiger partial charge >= 0.3 is 0 Å². The smallest absolute Gasteiger partial charge is 0.253 e. The summed E-state index contributed by atoms with van der Waals surface area (Å²) in [6.45, 7) is 1.02. The summed E-state index contributed by atoms with van der Waals surface area (Å²) in [7, 11) is 0. The van der Waals surface area contributed by atoms with Crippen molar-refractivity contribution in [3.05, 3.63) is 34.9 Å². The summed E-state index contributed by atoms with van der Waals surface area (Å²) >= 11 is 5.98.